The summed E-state index contributed by atoms with van der Waals surface area (Å²) in [6.07, 6.45) is 1.56. The molecule has 1 N–H and O–H groups in total. The van der Waals surface area contributed by atoms with E-state index in [0.29, 0.717) is 30.5 Å². The first-order valence-corrected chi connectivity index (χ1v) is 9.92. The van der Waals surface area contributed by atoms with Crippen molar-refractivity contribution in [1.82, 2.24) is 14.9 Å². The monoisotopic (exact) mass is 404 g/mol. The Labute approximate surface area is 177 Å². The first-order chi connectivity index (χ1) is 14.5. The van der Waals surface area contributed by atoms with Crippen LogP contribution in [0.4, 0.5) is 11.5 Å². The Morgan fingerprint density at radius 2 is 2.10 bits per heavy atom. The summed E-state index contributed by atoms with van der Waals surface area (Å²) < 4.78 is 17.4. The van der Waals surface area contributed by atoms with Gasteiger partial charge in [0.1, 0.15) is 32.7 Å². The molecule has 1 atom stereocenters. The third kappa shape index (κ3) is 4.50. The molecule has 1 aromatic heterocycles. The molecule has 1 saturated heterocycles. The average molecular weight is 404 g/mol. The van der Waals surface area contributed by atoms with E-state index >= 15 is 0 Å². The van der Waals surface area contributed by atoms with Gasteiger partial charge in [0.25, 0.3) is 0 Å². The first-order valence-electron chi connectivity index (χ1n) is 9.92. The summed E-state index contributed by atoms with van der Waals surface area (Å²) >= 11 is 0. The maximum absolute atomic E-state index is 6.04. The summed E-state index contributed by atoms with van der Waals surface area (Å²) in [5.41, 5.74) is 3.42. The van der Waals surface area contributed by atoms with Crippen LogP contribution < -0.4 is 20.3 Å². The van der Waals surface area contributed by atoms with Crippen LogP contribution in [0.3, 0.4) is 0 Å². The van der Waals surface area contributed by atoms with E-state index in [9.17, 15) is 0 Å². The number of fused-ring (bicyclic) bond motifs is 1. The van der Waals surface area contributed by atoms with Gasteiger partial charge in [0.2, 0.25) is 0 Å². The lowest BCUT2D eigenvalue weighted by atomic mass is 9.91. The normalized spacial score (nSPS) is 17.1. The number of rotatable bonds is 6. The fourth-order valence-electron chi connectivity index (χ4n) is 3.48. The highest BCUT2D eigenvalue weighted by molar-refractivity contribution is 6.33. The van der Waals surface area contributed by atoms with Crippen LogP contribution >= 0.6 is 0 Å². The summed E-state index contributed by atoms with van der Waals surface area (Å²) in [5, 5.41) is 4.18. The molecule has 0 spiro atoms. The van der Waals surface area contributed by atoms with Crippen LogP contribution in [0.1, 0.15) is 5.56 Å². The molecule has 3 aromatic rings. The molecule has 8 heteroatoms. The van der Waals surface area contributed by atoms with E-state index in [2.05, 4.69) is 27.2 Å². The van der Waals surface area contributed by atoms with Crippen molar-refractivity contribution >= 4 is 35.7 Å². The number of nitrogens with zero attached hydrogens (tertiary/aromatic N) is 3. The summed E-state index contributed by atoms with van der Waals surface area (Å²) in [6, 6.07) is 9.55. The summed E-state index contributed by atoms with van der Waals surface area (Å²) in [6.45, 7) is 4.92. The number of ether oxygens (including phenoxy) is 3. The SMILES string of the molecule is [B]c1ccc(Nc2ncnc3cc(OCC4CN(C)CCO4)c(OC)cc23)cc1C. The maximum atomic E-state index is 6.04. The summed E-state index contributed by atoms with van der Waals surface area (Å²) in [5.74, 6) is 1.94. The minimum Gasteiger partial charge on any atom is -0.493 e. The number of hydrogen-bond acceptors (Lipinski definition) is 7. The number of aryl methyl sites for hydroxylation is 1. The summed E-state index contributed by atoms with van der Waals surface area (Å²) in [4.78, 5) is 11.1. The second-order valence-corrected chi connectivity index (χ2v) is 7.50. The zero-order valence-electron chi connectivity index (χ0n) is 17.5. The minimum absolute atomic E-state index is 0.0283. The van der Waals surface area contributed by atoms with Crippen LogP contribution in [-0.4, -0.2) is 69.3 Å². The van der Waals surface area contributed by atoms with E-state index in [1.54, 1.807) is 7.11 Å². The number of nitrogens with one attached hydrogen (secondary N) is 1. The van der Waals surface area contributed by atoms with Gasteiger partial charge in [-0.05, 0) is 32.2 Å². The Morgan fingerprint density at radius 3 is 2.87 bits per heavy atom. The van der Waals surface area contributed by atoms with Crippen molar-refractivity contribution in [2.24, 2.45) is 0 Å². The molecule has 2 aromatic carbocycles. The smallest absolute Gasteiger partial charge is 0.163 e. The fourth-order valence-corrected chi connectivity index (χ4v) is 3.48. The highest BCUT2D eigenvalue weighted by Gasteiger charge is 2.20. The van der Waals surface area contributed by atoms with Gasteiger partial charge in [0, 0.05) is 30.2 Å². The molecule has 0 saturated carbocycles. The molecule has 2 radical (unpaired) electrons. The van der Waals surface area contributed by atoms with E-state index in [1.807, 2.05) is 37.3 Å². The molecule has 0 aliphatic carbocycles. The molecule has 1 unspecified atom stereocenters. The lowest BCUT2D eigenvalue weighted by Gasteiger charge is -2.30. The average Bonchev–Trinajstić information content (AvgIpc) is 2.74. The van der Waals surface area contributed by atoms with Crippen LogP contribution in [0.5, 0.6) is 11.5 Å². The highest BCUT2D eigenvalue weighted by Crippen LogP contribution is 2.35. The lowest BCUT2D eigenvalue weighted by Crippen LogP contribution is -2.42. The quantitative estimate of drug-likeness (QED) is 0.632. The minimum atomic E-state index is 0.0283. The van der Waals surface area contributed by atoms with E-state index in [0.717, 1.165) is 40.7 Å². The molecule has 1 fully saturated rings. The molecule has 2 heterocycles. The van der Waals surface area contributed by atoms with Crippen LogP contribution in [0.15, 0.2) is 36.7 Å². The van der Waals surface area contributed by atoms with Gasteiger partial charge < -0.3 is 24.4 Å². The van der Waals surface area contributed by atoms with Crippen molar-refractivity contribution in [3.8, 4) is 11.5 Å². The van der Waals surface area contributed by atoms with Crippen LogP contribution in [0.2, 0.25) is 0 Å². The number of morpholine rings is 1. The van der Waals surface area contributed by atoms with Gasteiger partial charge in [0.05, 0.1) is 19.2 Å². The Bertz CT molecular complexity index is 1050. The van der Waals surface area contributed by atoms with E-state index in [-0.39, 0.29) is 6.10 Å². The van der Waals surface area contributed by atoms with Gasteiger partial charge in [-0.15, -0.1) is 0 Å². The zero-order chi connectivity index (χ0) is 21.1. The molecular weight excluding hydrogens is 379 g/mol. The van der Waals surface area contributed by atoms with Crippen LogP contribution in [0, 0.1) is 6.92 Å². The Balaban J connectivity index is 1.59. The molecule has 0 bridgehead atoms. The Kier molecular flexibility index (Phi) is 6.06. The van der Waals surface area contributed by atoms with Gasteiger partial charge in [-0.1, -0.05) is 17.1 Å². The van der Waals surface area contributed by atoms with Gasteiger partial charge in [-0.25, -0.2) is 9.97 Å². The Hall–Kier alpha value is -2.84. The second kappa shape index (κ2) is 8.89. The van der Waals surface area contributed by atoms with Crippen molar-refractivity contribution in [1.29, 1.82) is 0 Å². The molecule has 1 aliphatic heterocycles. The predicted molar refractivity (Wildman–Crippen MR) is 119 cm³/mol. The topological polar surface area (TPSA) is 68.7 Å². The number of likely N-dealkylation sites (N-methyl/N-ethyl adjacent to an activating group) is 1. The highest BCUT2D eigenvalue weighted by atomic mass is 16.5. The first kappa shape index (κ1) is 20.4. The van der Waals surface area contributed by atoms with Crippen molar-refractivity contribution < 1.29 is 14.2 Å². The number of anilines is 2. The summed E-state index contributed by atoms with van der Waals surface area (Å²) in [7, 11) is 9.63. The molecule has 1 aliphatic rings. The molecule has 7 nitrogen and oxygen atoms in total. The molecule has 0 amide bonds. The van der Waals surface area contributed by atoms with Crippen LogP contribution in [-0.2, 0) is 4.74 Å². The lowest BCUT2D eigenvalue weighted by molar-refractivity contribution is -0.0406. The van der Waals surface area contributed by atoms with Crippen molar-refractivity contribution in [3.05, 3.63) is 42.2 Å². The predicted octanol–water partition coefficient (Wildman–Crippen LogP) is 2.19. The van der Waals surface area contributed by atoms with Gasteiger partial charge in [-0.3, -0.25) is 0 Å². The third-order valence-corrected chi connectivity index (χ3v) is 5.22. The van der Waals surface area contributed by atoms with Crippen molar-refractivity contribution in [2.75, 3.05) is 45.8 Å². The molecule has 30 heavy (non-hydrogen) atoms. The molecule has 4 rings (SSSR count). The zero-order valence-corrected chi connectivity index (χ0v) is 17.5. The fraction of sp³-hybridized carbons (Fsp3) is 0.364. The second-order valence-electron chi connectivity index (χ2n) is 7.50. The largest absolute Gasteiger partial charge is 0.493 e. The number of aromatic nitrogens is 2. The van der Waals surface area contributed by atoms with E-state index < -0.39 is 0 Å². The molecule has 154 valence electrons. The number of hydrogen-bond donors (Lipinski definition) is 1. The van der Waals surface area contributed by atoms with E-state index in [1.165, 1.54) is 6.33 Å². The maximum Gasteiger partial charge on any atom is 0.163 e. The van der Waals surface area contributed by atoms with Gasteiger partial charge in [0.15, 0.2) is 11.5 Å². The Morgan fingerprint density at radius 1 is 1.23 bits per heavy atom. The van der Waals surface area contributed by atoms with Gasteiger partial charge >= 0.3 is 0 Å². The number of benzene rings is 2. The number of methoxy groups -OCH3 is 1. The third-order valence-electron chi connectivity index (χ3n) is 5.22. The van der Waals surface area contributed by atoms with Crippen molar-refractivity contribution in [2.45, 2.75) is 13.0 Å². The van der Waals surface area contributed by atoms with Gasteiger partial charge in [-0.2, -0.15) is 0 Å². The van der Waals surface area contributed by atoms with Crippen molar-refractivity contribution in [3.63, 3.8) is 0 Å². The van der Waals surface area contributed by atoms with E-state index in [4.69, 9.17) is 22.1 Å². The van der Waals surface area contributed by atoms with Crippen LogP contribution in [0.25, 0.3) is 10.9 Å². The molecular formula is C22H25BN4O3. The standard InChI is InChI=1S/C22H25BN4O3/c1-14-8-15(4-5-18(14)23)26-22-17-9-20(28-3)21(10-19(17)24-13-25-22)30-12-16-11-27(2)6-7-29-16/h4-5,8-10,13,16H,6-7,11-12H2,1-3H3,(H,24,25,26).